The Morgan fingerprint density at radius 3 is 2.68 bits per heavy atom. The number of carbonyl (C=O) groups is 1. The van der Waals surface area contributed by atoms with Crippen LogP contribution in [0.1, 0.15) is 11.5 Å². The molecule has 1 amide bonds. The van der Waals surface area contributed by atoms with Gasteiger partial charge in [0.15, 0.2) is 0 Å². The molecule has 0 bridgehead atoms. The van der Waals surface area contributed by atoms with Crippen LogP contribution in [0, 0.1) is 0 Å². The number of nitrogens with one attached hydrogen (secondary N) is 1. The van der Waals surface area contributed by atoms with Gasteiger partial charge in [0.25, 0.3) is 0 Å². The molecular weight excluding hydrogens is 338 g/mol. The fraction of sp³-hybridized carbons (Fsp3) is 0.263. The summed E-state index contributed by atoms with van der Waals surface area (Å²) in [5, 5.41) is 3.47. The van der Waals surface area contributed by atoms with Crippen LogP contribution < -0.4 is 10.2 Å². The predicted octanol–water partition coefficient (Wildman–Crippen LogP) is 3.61. The highest BCUT2D eigenvalue weighted by molar-refractivity contribution is 6.31. The van der Waals surface area contributed by atoms with Crippen LogP contribution in [0.3, 0.4) is 0 Å². The lowest BCUT2D eigenvalue weighted by molar-refractivity contribution is -0.115. The van der Waals surface area contributed by atoms with Crippen LogP contribution >= 0.6 is 11.6 Å². The third-order valence-electron chi connectivity index (χ3n) is 4.49. The molecular formula is C19H18ClN3O2. The molecule has 1 N–H and O–H groups in total. The summed E-state index contributed by atoms with van der Waals surface area (Å²) in [5.74, 6) is -0.487. The van der Waals surface area contributed by atoms with E-state index in [-0.39, 0.29) is 5.91 Å². The molecule has 5 nitrogen and oxygen atoms in total. The number of ether oxygens (including phenoxy) is 1. The number of fused-ring (bicyclic) bond motifs is 1. The van der Waals surface area contributed by atoms with E-state index in [1.165, 1.54) is 0 Å². The van der Waals surface area contributed by atoms with Gasteiger partial charge in [-0.1, -0.05) is 11.6 Å². The number of aliphatic imine (C=N–C) groups is 1. The van der Waals surface area contributed by atoms with Gasteiger partial charge in [-0.25, -0.2) is 0 Å². The van der Waals surface area contributed by atoms with Crippen LogP contribution in [0.2, 0.25) is 5.02 Å². The number of anilines is 2. The average Bonchev–Trinajstić information content (AvgIpc) is 2.96. The van der Waals surface area contributed by atoms with E-state index in [1.807, 2.05) is 24.3 Å². The third-order valence-corrected chi connectivity index (χ3v) is 4.72. The first-order valence-corrected chi connectivity index (χ1v) is 8.66. The molecule has 2 aromatic rings. The van der Waals surface area contributed by atoms with E-state index in [4.69, 9.17) is 16.3 Å². The quantitative estimate of drug-likeness (QED) is 0.856. The summed E-state index contributed by atoms with van der Waals surface area (Å²) < 4.78 is 5.38. The molecule has 0 radical (unpaired) electrons. The monoisotopic (exact) mass is 355 g/mol. The highest BCUT2D eigenvalue weighted by atomic mass is 35.5. The van der Waals surface area contributed by atoms with Gasteiger partial charge in [0.2, 0.25) is 5.91 Å². The van der Waals surface area contributed by atoms with Crippen molar-refractivity contribution in [2.75, 3.05) is 36.5 Å². The minimum absolute atomic E-state index is 0.0778. The standard InChI is InChI=1S/C19H18ClN3O2/c20-13-1-6-18-16(11-13)17(19(24)22-18)12-21-14-2-4-15(5-3-14)23-7-9-25-10-8-23/h1-6,11-12,17H,7-10H2,(H,22,24). The smallest absolute Gasteiger partial charge is 0.237 e. The average molecular weight is 356 g/mol. The zero-order valence-corrected chi connectivity index (χ0v) is 14.4. The topological polar surface area (TPSA) is 53.9 Å². The van der Waals surface area contributed by atoms with Gasteiger partial charge in [-0.3, -0.25) is 9.79 Å². The Kier molecular flexibility index (Phi) is 4.42. The summed E-state index contributed by atoms with van der Waals surface area (Å²) in [4.78, 5) is 18.9. The van der Waals surface area contributed by atoms with E-state index in [9.17, 15) is 4.79 Å². The molecule has 1 fully saturated rings. The Morgan fingerprint density at radius 1 is 1.16 bits per heavy atom. The summed E-state index contributed by atoms with van der Waals surface area (Å²) in [7, 11) is 0. The summed E-state index contributed by atoms with van der Waals surface area (Å²) in [5.41, 5.74) is 3.65. The zero-order chi connectivity index (χ0) is 17.2. The lowest BCUT2D eigenvalue weighted by Gasteiger charge is -2.28. The van der Waals surface area contributed by atoms with Gasteiger partial charge in [0, 0.05) is 35.7 Å². The van der Waals surface area contributed by atoms with Crippen molar-refractivity contribution in [3.8, 4) is 0 Å². The fourth-order valence-corrected chi connectivity index (χ4v) is 3.32. The Morgan fingerprint density at radius 2 is 1.92 bits per heavy atom. The second-order valence-corrected chi connectivity index (χ2v) is 6.53. The van der Waals surface area contributed by atoms with E-state index in [0.717, 1.165) is 48.9 Å². The molecule has 6 heteroatoms. The fourth-order valence-electron chi connectivity index (χ4n) is 3.14. The SMILES string of the molecule is O=C1Nc2ccc(Cl)cc2C1C=Nc1ccc(N2CCOCC2)cc1. The number of benzene rings is 2. The van der Waals surface area contributed by atoms with E-state index in [0.29, 0.717) is 5.02 Å². The van der Waals surface area contributed by atoms with Crippen LogP contribution in [0.5, 0.6) is 0 Å². The summed E-state index contributed by atoms with van der Waals surface area (Å²) >= 11 is 6.05. The lowest BCUT2D eigenvalue weighted by atomic mass is 10.0. The number of morpholine rings is 1. The number of halogens is 1. The van der Waals surface area contributed by atoms with Crippen LogP contribution in [0.25, 0.3) is 0 Å². The third kappa shape index (κ3) is 3.38. The minimum atomic E-state index is -0.410. The molecule has 0 aromatic heterocycles. The number of nitrogens with zero attached hydrogens (tertiary/aromatic N) is 2. The highest BCUT2D eigenvalue weighted by Gasteiger charge is 2.29. The molecule has 0 aliphatic carbocycles. The van der Waals surface area contributed by atoms with Gasteiger partial charge in [0.1, 0.15) is 5.92 Å². The van der Waals surface area contributed by atoms with Crippen molar-refractivity contribution in [1.29, 1.82) is 0 Å². The molecule has 0 spiro atoms. The molecule has 2 aliphatic heterocycles. The molecule has 1 atom stereocenters. The van der Waals surface area contributed by atoms with Gasteiger partial charge in [-0.15, -0.1) is 0 Å². The predicted molar refractivity (Wildman–Crippen MR) is 100 cm³/mol. The molecule has 0 saturated carbocycles. The lowest BCUT2D eigenvalue weighted by Crippen LogP contribution is -2.36. The Hall–Kier alpha value is -2.37. The molecule has 2 aromatic carbocycles. The highest BCUT2D eigenvalue weighted by Crippen LogP contribution is 2.34. The first-order chi connectivity index (χ1) is 12.2. The Labute approximate surface area is 151 Å². The molecule has 1 unspecified atom stereocenters. The molecule has 25 heavy (non-hydrogen) atoms. The van der Waals surface area contributed by atoms with Gasteiger partial charge < -0.3 is 15.0 Å². The van der Waals surface area contributed by atoms with Crippen LogP contribution in [0.15, 0.2) is 47.5 Å². The second kappa shape index (κ2) is 6.86. The van der Waals surface area contributed by atoms with Crippen molar-refractivity contribution < 1.29 is 9.53 Å². The van der Waals surface area contributed by atoms with Crippen LogP contribution in [-0.2, 0) is 9.53 Å². The molecule has 128 valence electrons. The molecule has 1 saturated heterocycles. The van der Waals surface area contributed by atoms with E-state index in [2.05, 4.69) is 27.3 Å². The van der Waals surface area contributed by atoms with Gasteiger partial charge >= 0.3 is 0 Å². The van der Waals surface area contributed by atoms with Crippen molar-refractivity contribution in [2.24, 2.45) is 4.99 Å². The number of hydrogen-bond donors (Lipinski definition) is 1. The van der Waals surface area contributed by atoms with E-state index >= 15 is 0 Å². The number of carbonyl (C=O) groups excluding carboxylic acids is 1. The molecule has 4 rings (SSSR count). The summed E-state index contributed by atoms with van der Waals surface area (Å²) in [6, 6.07) is 13.4. The number of rotatable bonds is 3. The Balaban J connectivity index is 1.50. The first-order valence-electron chi connectivity index (χ1n) is 8.28. The van der Waals surface area contributed by atoms with Crippen molar-refractivity contribution in [1.82, 2.24) is 0 Å². The Bertz CT molecular complexity index is 814. The normalized spacial score (nSPS) is 20.0. The molecule has 2 aliphatic rings. The van der Waals surface area contributed by atoms with Gasteiger partial charge in [-0.2, -0.15) is 0 Å². The van der Waals surface area contributed by atoms with Gasteiger partial charge in [-0.05, 0) is 48.0 Å². The zero-order valence-electron chi connectivity index (χ0n) is 13.6. The summed E-state index contributed by atoms with van der Waals surface area (Å²) in [6.45, 7) is 3.34. The molecule has 2 heterocycles. The maximum absolute atomic E-state index is 12.2. The van der Waals surface area contributed by atoms with E-state index in [1.54, 1.807) is 12.3 Å². The van der Waals surface area contributed by atoms with Crippen molar-refractivity contribution in [3.63, 3.8) is 0 Å². The van der Waals surface area contributed by atoms with E-state index < -0.39 is 5.92 Å². The second-order valence-electron chi connectivity index (χ2n) is 6.09. The largest absolute Gasteiger partial charge is 0.378 e. The van der Waals surface area contributed by atoms with Crippen molar-refractivity contribution >= 4 is 40.8 Å². The van der Waals surface area contributed by atoms with Crippen molar-refractivity contribution in [2.45, 2.75) is 5.92 Å². The van der Waals surface area contributed by atoms with Gasteiger partial charge in [0.05, 0.1) is 18.9 Å². The van der Waals surface area contributed by atoms with Crippen LogP contribution in [-0.4, -0.2) is 38.4 Å². The summed E-state index contributed by atoms with van der Waals surface area (Å²) in [6.07, 6.45) is 1.68. The number of amides is 1. The maximum Gasteiger partial charge on any atom is 0.237 e. The minimum Gasteiger partial charge on any atom is -0.378 e. The van der Waals surface area contributed by atoms with Crippen LogP contribution in [0.4, 0.5) is 17.1 Å². The number of hydrogen-bond acceptors (Lipinski definition) is 4. The van der Waals surface area contributed by atoms with Crippen molar-refractivity contribution in [3.05, 3.63) is 53.1 Å². The maximum atomic E-state index is 12.2. The first kappa shape index (κ1) is 16.1.